The molecule has 0 saturated heterocycles. The molecule has 2 heterocycles. The van der Waals surface area contributed by atoms with E-state index in [2.05, 4.69) is 15.3 Å². The molecule has 8 heteroatoms. The summed E-state index contributed by atoms with van der Waals surface area (Å²) in [6.45, 7) is 2.62. The summed E-state index contributed by atoms with van der Waals surface area (Å²) in [5.41, 5.74) is 4.01. The smallest absolute Gasteiger partial charge is 0.250 e. The summed E-state index contributed by atoms with van der Waals surface area (Å²) in [6.07, 6.45) is 6.55. The summed E-state index contributed by atoms with van der Waals surface area (Å²) in [4.78, 5) is 24.7. The van der Waals surface area contributed by atoms with E-state index in [1.165, 1.54) is 17.0 Å². The van der Waals surface area contributed by atoms with E-state index in [-0.39, 0.29) is 11.6 Å². The van der Waals surface area contributed by atoms with Crippen LogP contribution in [-0.4, -0.2) is 52.9 Å². The molecule has 4 rings (SSSR count). The number of fused-ring (bicyclic) bond motifs is 3. The predicted molar refractivity (Wildman–Crippen MR) is 126 cm³/mol. The van der Waals surface area contributed by atoms with Gasteiger partial charge in [0.2, 0.25) is 0 Å². The topological polar surface area (TPSA) is 65.8 Å². The van der Waals surface area contributed by atoms with Crippen LogP contribution in [0.5, 0.6) is 0 Å². The Hall–Kier alpha value is -3.78. The molecule has 4 aromatic rings. The summed E-state index contributed by atoms with van der Waals surface area (Å²) in [5, 5.41) is 3.33. The molecule has 0 atom stereocenters. The highest BCUT2D eigenvalue weighted by molar-refractivity contribution is 6.02. The lowest BCUT2D eigenvalue weighted by Crippen LogP contribution is -2.25. The Morgan fingerprint density at radius 1 is 1.19 bits per heavy atom. The second-order valence-corrected chi connectivity index (χ2v) is 7.90. The van der Waals surface area contributed by atoms with Crippen molar-refractivity contribution in [2.75, 3.05) is 37.9 Å². The van der Waals surface area contributed by atoms with E-state index in [4.69, 9.17) is 0 Å². The van der Waals surface area contributed by atoms with Crippen molar-refractivity contribution in [3.8, 4) is 0 Å². The Morgan fingerprint density at radius 2 is 1.97 bits per heavy atom. The van der Waals surface area contributed by atoms with Crippen molar-refractivity contribution < 1.29 is 9.18 Å². The number of halogens is 1. The number of nitrogens with one attached hydrogen (secondary N) is 1. The average molecular weight is 433 g/mol. The Morgan fingerprint density at radius 3 is 2.72 bits per heavy atom. The fourth-order valence-electron chi connectivity index (χ4n) is 3.45. The maximum atomic E-state index is 15.0. The number of imidazole rings is 1. The highest BCUT2D eigenvalue weighted by atomic mass is 19.1. The largest absolute Gasteiger partial charge is 0.338 e. The Balaban J connectivity index is 1.76. The van der Waals surface area contributed by atoms with Gasteiger partial charge in [-0.25, -0.2) is 14.4 Å². The molecular weight excluding hydrogens is 407 g/mol. The van der Waals surface area contributed by atoms with Crippen molar-refractivity contribution in [1.29, 1.82) is 0 Å². The van der Waals surface area contributed by atoms with Crippen LogP contribution in [0.3, 0.4) is 0 Å². The molecule has 0 radical (unpaired) electrons. The van der Waals surface area contributed by atoms with Gasteiger partial charge in [-0.2, -0.15) is 0 Å². The highest BCUT2D eigenvalue weighted by Crippen LogP contribution is 2.30. The van der Waals surface area contributed by atoms with E-state index in [0.29, 0.717) is 23.4 Å². The first-order chi connectivity index (χ1) is 15.3. The number of hydrogen-bond acceptors (Lipinski definition) is 5. The van der Waals surface area contributed by atoms with Crippen LogP contribution in [0.2, 0.25) is 0 Å². The Bertz CT molecular complexity index is 1330. The lowest BCUT2D eigenvalue weighted by Gasteiger charge is -2.18. The quantitative estimate of drug-likeness (QED) is 0.464. The summed E-state index contributed by atoms with van der Waals surface area (Å²) < 4.78 is 16.9. The fraction of sp³-hybridized carbons (Fsp3) is 0.208. The molecule has 0 saturated carbocycles. The third-order valence-corrected chi connectivity index (χ3v) is 5.24. The maximum absolute atomic E-state index is 15.0. The average Bonchev–Trinajstić information content (AvgIpc) is 3.24. The summed E-state index contributed by atoms with van der Waals surface area (Å²) in [7, 11) is 5.37. The first kappa shape index (κ1) is 21.5. The van der Waals surface area contributed by atoms with Gasteiger partial charge in [0.1, 0.15) is 11.3 Å². The molecule has 0 spiro atoms. The van der Waals surface area contributed by atoms with Crippen molar-refractivity contribution in [2.24, 2.45) is 0 Å². The van der Waals surface area contributed by atoms with Gasteiger partial charge in [0.05, 0.1) is 29.2 Å². The summed E-state index contributed by atoms with van der Waals surface area (Å²) in [5.74, 6) is -0.256. The molecule has 0 bridgehead atoms. The zero-order valence-corrected chi connectivity index (χ0v) is 18.5. The number of aryl methyl sites for hydroxylation is 1. The number of nitrogens with zero attached hydrogens (tertiary/aromatic N) is 5. The second-order valence-electron chi connectivity index (χ2n) is 7.90. The van der Waals surface area contributed by atoms with E-state index < -0.39 is 5.82 Å². The molecule has 0 aliphatic carbocycles. The van der Waals surface area contributed by atoms with Gasteiger partial charge in [-0.1, -0.05) is 24.3 Å². The first-order valence-electron chi connectivity index (χ1n) is 10.2. The minimum Gasteiger partial charge on any atom is -0.338 e. The molecule has 0 aliphatic rings. The third-order valence-electron chi connectivity index (χ3n) is 5.24. The number of rotatable bonds is 6. The minimum atomic E-state index is -0.525. The normalized spacial score (nSPS) is 11.7. The van der Waals surface area contributed by atoms with Crippen LogP contribution in [0.25, 0.3) is 16.6 Å². The standard InChI is InChI=1S/C24H25FN6O/c1-16-8-5-6-9-18(16)27-24-22-14-26-15-31(22)21-13-20(17(25)12-19(21)28-24)30(4)23(32)10-7-11-29(2)3/h5-10,12-15H,11H2,1-4H3,(H,27,28)/b10-7-. The lowest BCUT2D eigenvalue weighted by atomic mass is 10.2. The van der Waals surface area contributed by atoms with E-state index in [0.717, 1.165) is 16.8 Å². The van der Waals surface area contributed by atoms with Crippen LogP contribution < -0.4 is 10.2 Å². The van der Waals surface area contributed by atoms with Crippen molar-refractivity contribution in [2.45, 2.75) is 6.92 Å². The SMILES string of the molecule is Cc1ccccc1Nc1nc2cc(F)c(N(C)C(=O)/C=C\CN(C)C)cc2n2cncc12. The zero-order valence-electron chi connectivity index (χ0n) is 18.5. The molecular formula is C24H25FN6O. The molecule has 1 N–H and O–H groups in total. The zero-order chi connectivity index (χ0) is 22.8. The van der Waals surface area contributed by atoms with E-state index in [9.17, 15) is 4.79 Å². The molecule has 0 aliphatic heterocycles. The molecule has 0 unspecified atom stereocenters. The molecule has 1 amide bonds. The monoisotopic (exact) mass is 432 g/mol. The highest BCUT2D eigenvalue weighted by Gasteiger charge is 2.17. The van der Waals surface area contributed by atoms with Crippen molar-refractivity contribution in [3.63, 3.8) is 0 Å². The number of para-hydroxylation sites is 1. The number of carbonyl (C=O) groups is 1. The van der Waals surface area contributed by atoms with Gasteiger partial charge in [-0.05, 0) is 38.7 Å². The summed E-state index contributed by atoms with van der Waals surface area (Å²) in [6, 6.07) is 10.8. The molecule has 32 heavy (non-hydrogen) atoms. The van der Waals surface area contributed by atoms with Crippen LogP contribution in [0.1, 0.15) is 5.56 Å². The second kappa shape index (κ2) is 8.76. The molecule has 2 aromatic heterocycles. The molecule has 164 valence electrons. The van der Waals surface area contributed by atoms with Crippen LogP contribution in [0.4, 0.5) is 21.6 Å². The van der Waals surface area contributed by atoms with Crippen LogP contribution in [0.15, 0.2) is 61.1 Å². The van der Waals surface area contributed by atoms with Crippen molar-refractivity contribution >= 4 is 39.6 Å². The molecule has 2 aromatic carbocycles. The van der Waals surface area contributed by atoms with Gasteiger partial charge >= 0.3 is 0 Å². The van der Waals surface area contributed by atoms with E-state index >= 15 is 4.39 Å². The number of hydrogen-bond donors (Lipinski definition) is 1. The van der Waals surface area contributed by atoms with Crippen molar-refractivity contribution in [3.05, 3.63) is 72.5 Å². The number of amides is 1. The summed E-state index contributed by atoms with van der Waals surface area (Å²) >= 11 is 0. The number of benzene rings is 2. The maximum Gasteiger partial charge on any atom is 0.250 e. The number of anilines is 3. The first-order valence-corrected chi connectivity index (χ1v) is 10.2. The number of aromatic nitrogens is 3. The minimum absolute atomic E-state index is 0.174. The molecule has 7 nitrogen and oxygen atoms in total. The predicted octanol–water partition coefficient (Wildman–Crippen LogP) is 4.15. The van der Waals surface area contributed by atoms with Gasteiger partial charge in [0.15, 0.2) is 5.82 Å². The Labute approximate surface area is 185 Å². The van der Waals surface area contributed by atoms with Gasteiger partial charge in [0, 0.05) is 31.4 Å². The number of likely N-dealkylation sites (N-methyl/N-ethyl adjacent to an activating group) is 2. The van der Waals surface area contributed by atoms with E-state index in [1.54, 1.807) is 31.7 Å². The van der Waals surface area contributed by atoms with Gasteiger partial charge in [0.25, 0.3) is 5.91 Å². The molecule has 0 fully saturated rings. The van der Waals surface area contributed by atoms with Crippen LogP contribution in [0, 0.1) is 12.7 Å². The lowest BCUT2D eigenvalue weighted by molar-refractivity contribution is -0.113. The third kappa shape index (κ3) is 4.17. The van der Waals surface area contributed by atoms with Gasteiger partial charge in [-0.3, -0.25) is 9.20 Å². The van der Waals surface area contributed by atoms with Crippen LogP contribution in [-0.2, 0) is 4.79 Å². The van der Waals surface area contributed by atoms with Gasteiger partial charge in [-0.15, -0.1) is 0 Å². The van der Waals surface area contributed by atoms with Gasteiger partial charge < -0.3 is 15.1 Å². The number of carbonyl (C=O) groups excluding carboxylic acids is 1. The van der Waals surface area contributed by atoms with Crippen LogP contribution >= 0.6 is 0 Å². The van der Waals surface area contributed by atoms with E-state index in [1.807, 2.05) is 54.6 Å². The Kier molecular flexibility index (Phi) is 5.87. The fourth-order valence-corrected chi connectivity index (χ4v) is 3.45. The van der Waals surface area contributed by atoms with Crippen molar-refractivity contribution in [1.82, 2.24) is 19.3 Å².